The fourth-order valence-corrected chi connectivity index (χ4v) is 4.82. The Bertz CT molecular complexity index is 1210. The Morgan fingerprint density at radius 1 is 0.971 bits per heavy atom. The van der Waals surface area contributed by atoms with Crippen LogP contribution in [0.3, 0.4) is 0 Å². The van der Waals surface area contributed by atoms with Crippen molar-refractivity contribution in [3.8, 4) is 0 Å². The highest BCUT2D eigenvalue weighted by atomic mass is 16.2. The van der Waals surface area contributed by atoms with Crippen LogP contribution in [-0.4, -0.2) is 69.4 Å². The van der Waals surface area contributed by atoms with Gasteiger partial charge in [-0.05, 0) is 50.6 Å². The van der Waals surface area contributed by atoms with Crippen LogP contribution in [0.5, 0.6) is 0 Å². The Morgan fingerprint density at radius 2 is 1.74 bits per heavy atom. The first-order valence-corrected chi connectivity index (χ1v) is 12.2. The lowest BCUT2D eigenvalue weighted by atomic mass is 10.1. The molecule has 0 aliphatic carbocycles. The number of amides is 2. The minimum Gasteiger partial charge on any atom is -0.348 e. The van der Waals surface area contributed by atoms with Crippen molar-refractivity contribution in [3.63, 3.8) is 0 Å². The van der Waals surface area contributed by atoms with Gasteiger partial charge in [-0.2, -0.15) is 0 Å². The number of nitrogens with one attached hydrogen (secondary N) is 1. The number of aromatic nitrogens is 3. The van der Waals surface area contributed by atoms with E-state index >= 15 is 0 Å². The zero-order valence-electron chi connectivity index (χ0n) is 20.0. The Hall–Kier alpha value is -3.26. The molecule has 1 aromatic carbocycles. The SMILES string of the molecule is Cc1cc(C(=O)NCc2ccc(C(=O)N3CCN(C)CC3)cc2)c2nc3n(c2n1)CCCCC3. The number of fused-ring (bicyclic) bond motifs is 3. The van der Waals surface area contributed by atoms with E-state index in [2.05, 4.69) is 21.8 Å². The highest BCUT2D eigenvalue weighted by Crippen LogP contribution is 2.24. The molecule has 5 rings (SSSR count). The Labute approximate surface area is 200 Å². The highest BCUT2D eigenvalue weighted by molar-refractivity contribution is 6.04. The number of pyridine rings is 1. The van der Waals surface area contributed by atoms with Crippen molar-refractivity contribution in [2.24, 2.45) is 0 Å². The number of benzene rings is 1. The van der Waals surface area contributed by atoms with Gasteiger partial charge in [-0.15, -0.1) is 0 Å². The molecule has 34 heavy (non-hydrogen) atoms. The molecule has 2 amide bonds. The van der Waals surface area contributed by atoms with Gasteiger partial charge < -0.3 is 19.7 Å². The quantitative estimate of drug-likeness (QED) is 0.647. The highest BCUT2D eigenvalue weighted by Gasteiger charge is 2.22. The van der Waals surface area contributed by atoms with E-state index in [4.69, 9.17) is 9.97 Å². The van der Waals surface area contributed by atoms with Gasteiger partial charge in [-0.3, -0.25) is 9.59 Å². The fraction of sp³-hybridized carbons (Fsp3) is 0.462. The maximum atomic E-state index is 13.1. The van der Waals surface area contributed by atoms with E-state index in [1.807, 2.05) is 42.2 Å². The second-order valence-electron chi connectivity index (χ2n) is 9.45. The van der Waals surface area contributed by atoms with E-state index < -0.39 is 0 Å². The third-order valence-corrected chi connectivity index (χ3v) is 6.88. The van der Waals surface area contributed by atoms with Crippen LogP contribution >= 0.6 is 0 Å². The number of hydrogen-bond acceptors (Lipinski definition) is 5. The number of nitrogens with zero attached hydrogens (tertiary/aromatic N) is 5. The molecule has 0 bridgehead atoms. The lowest BCUT2D eigenvalue weighted by molar-refractivity contribution is 0.0664. The van der Waals surface area contributed by atoms with E-state index in [9.17, 15) is 9.59 Å². The summed E-state index contributed by atoms with van der Waals surface area (Å²) in [6.45, 7) is 6.52. The van der Waals surface area contributed by atoms with Crippen molar-refractivity contribution < 1.29 is 9.59 Å². The third kappa shape index (κ3) is 4.55. The molecular weight excluding hydrogens is 428 g/mol. The summed E-state index contributed by atoms with van der Waals surface area (Å²) in [6.07, 6.45) is 4.36. The molecule has 178 valence electrons. The van der Waals surface area contributed by atoms with Gasteiger partial charge in [0.25, 0.3) is 11.8 Å². The topological polar surface area (TPSA) is 83.4 Å². The maximum absolute atomic E-state index is 13.1. The number of rotatable bonds is 4. The predicted octanol–water partition coefficient (Wildman–Crippen LogP) is 2.78. The van der Waals surface area contributed by atoms with Gasteiger partial charge in [0.1, 0.15) is 11.3 Å². The molecule has 4 heterocycles. The molecule has 1 fully saturated rings. The summed E-state index contributed by atoms with van der Waals surface area (Å²) in [4.78, 5) is 39.5. The normalized spacial score (nSPS) is 16.8. The number of piperazine rings is 1. The molecule has 0 spiro atoms. The number of likely N-dealkylation sites (N-methyl/N-ethyl adjacent to an activating group) is 1. The van der Waals surface area contributed by atoms with Crippen LogP contribution in [-0.2, 0) is 19.5 Å². The molecule has 0 unspecified atom stereocenters. The van der Waals surface area contributed by atoms with Crippen LogP contribution in [0.4, 0.5) is 0 Å². The maximum Gasteiger partial charge on any atom is 0.253 e. The van der Waals surface area contributed by atoms with E-state index in [0.717, 1.165) is 74.7 Å². The van der Waals surface area contributed by atoms with Crippen LogP contribution in [0.1, 0.15) is 57.1 Å². The lowest BCUT2D eigenvalue weighted by Gasteiger charge is -2.32. The fourth-order valence-electron chi connectivity index (χ4n) is 4.82. The summed E-state index contributed by atoms with van der Waals surface area (Å²) >= 11 is 0. The molecule has 1 N–H and O–H groups in total. The van der Waals surface area contributed by atoms with E-state index in [0.29, 0.717) is 23.2 Å². The van der Waals surface area contributed by atoms with Gasteiger partial charge in [0, 0.05) is 56.9 Å². The molecule has 8 heteroatoms. The zero-order chi connectivity index (χ0) is 23.7. The van der Waals surface area contributed by atoms with Crippen LogP contribution in [0.25, 0.3) is 11.2 Å². The summed E-state index contributed by atoms with van der Waals surface area (Å²) in [5, 5.41) is 3.03. The van der Waals surface area contributed by atoms with Crippen LogP contribution < -0.4 is 5.32 Å². The number of aryl methyl sites for hydroxylation is 3. The lowest BCUT2D eigenvalue weighted by Crippen LogP contribution is -2.47. The van der Waals surface area contributed by atoms with Gasteiger partial charge in [0.15, 0.2) is 5.65 Å². The van der Waals surface area contributed by atoms with Crippen LogP contribution in [0, 0.1) is 6.92 Å². The first-order chi connectivity index (χ1) is 16.5. The molecule has 8 nitrogen and oxygen atoms in total. The van der Waals surface area contributed by atoms with Crippen molar-refractivity contribution in [3.05, 3.63) is 58.5 Å². The third-order valence-electron chi connectivity index (χ3n) is 6.88. The number of hydrogen-bond donors (Lipinski definition) is 1. The van der Waals surface area contributed by atoms with Crippen molar-refractivity contribution in [2.45, 2.75) is 45.7 Å². The standard InChI is InChI=1S/C26H32N6O2/c1-18-16-21(23-24(28-18)32-11-5-3-4-6-22(32)29-23)25(33)27-17-19-7-9-20(10-8-19)26(34)31-14-12-30(2)13-15-31/h7-10,16H,3-6,11-15,17H2,1-2H3,(H,27,33). The zero-order valence-corrected chi connectivity index (χ0v) is 20.0. The number of carbonyl (C=O) groups is 2. The summed E-state index contributed by atoms with van der Waals surface area (Å²) in [5.74, 6) is 0.944. The molecule has 3 aromatic rings. The van der Waals surface area contributed by atoms with Gasteiger partial charge in [-0.1, -0.05) is 18.6 Å². The molecule has 0 radical (unpaired) electrons. The Morgan fingerprint density at radius 3 is 2.50 bits per heavy atom. The van der Waals surface area contributed by atoms with Crippen LogP contribution in [0.15, 0.2) is 30.3 Å². The predicted molar refractivity (Wildman–Crippen MR) is 131 cm³/mol. The van der Waals surface area contributed by atoms with Gasteiger partial charge >= 0.3 is 0 Å². The smallest absolute Gasteiger partial charge is 0.253 e. The molecule has 2 aliphatic rings. The largest absolute Gasteiger partial charge is 0.348 e. The van der Waals surface area contributed by atoms with Crippen molar-refractivity contribution in [2.75, 3.05) is 33.2 Å². The molecular formula is C26H32N6O2. The minimum absolute atomic E-state index is 0.0675. The molecule has 0 saturated carbocycles. The summed E-state index contributed by atoms with van der Waals surface area (Å²) in [6, 6.07) is 9.35. The first-order valence-electron chi connectivity index (χ1n) is 12.2. The second kappa shape index (κ2) is 9.54. The van der Waals surface area contributed by atoms with Crippen molar-refractivity contribution in [1.29, 1.82) is 0 Å². The van der Waals surface area contributed by atoms with Gasteiger partial charge in [0.05, 0.1) is 5.56 Å². The molecule has 0 atom stereocenters. The van der Waals surface area contributed by atoms with Crippen molar-refractivity contribution in [1.82, 2.24) is 29.7 Å². The first kappa shape index (κ1) is 22.5. The Balaban J connectivity index is 1.28. The summed E-state index contributed by atoms with van der Waals surface area (Å²) < 4.78 is 2.18. The number of imidazole rings is 1. The molecule has 1 saturated heterocycles. The average Bonchev–Trinajstić information content (AvgIpc) is 3.02. The van der Waals surface area contributed by atoms with Crippen molar-refractivity contribution >= 4 is 23.0 Å². The monoisotopic (exact) mass is 460 g/mol. The van der Waals surface area contributed by atoms with E-state index in [-0.39, 0.29) is 11.8 Å². The summed E-state index contributed by atoms with van der Waals surface area (Å²) in [5.41, 5.74) is 4.53. The second-order valence-corrected chi connectivity index (χ2v) is 9.45. The van der Waals surface area contributed by atoms with Gasteiger partial charge in [0.2, 0.25) is 0 Å². The van der Waals surface area contributed by atoms with Crippen LogP contribution in [0.2, 0.25) is 0 Å². The molecule has 2 aromatic heterocycles. The average molecular weight is 461 g/mol. The van der Waals surface area contributed by atoms with Gasteiger partial charge in [-0.25, -0.2) is 9.97 Å². The molecule has 2 aliphatic heterocycles. The van der Waals surface area contributed by atoms with E-state index in [1.165, 1.54) is 6.42 Å². The Kier molecular flexibility index (Phi) is 6.32. The number of carbonyl (C=O) groups excluding carboxylic acids is 2. The minimum atomic E-state index is -0.152. The van der Waals surface area contributed by atoms with E-state index in [1.54, 1.807) is 0 Å². The summed E-state index contributed by atoms with van der Waals surface area (Å²) in [7, 11) is 2.07.